The van der Waals surface area contributed by atoms with Crippen LogP contribution in [0.4, 0.5) is 0 Å². The number of rotatable bonds is 3. The molecule has 1 N–H and O–H groups in total. The summed E-state index contributed by atoms with van der Waals surface area (Å²) < 4.78 is 5.45. The van der Waals surface area contributed by atoms with Crippen LogP contribution in [0.2, 0.25) is 0 Å². The van der Waals surface area contributed by atoms with Gasteiger partial charge >= 0.3 is 0 Å². The van der Waals surface area contributed by atoms with E-state index in [1.807, 2.05) is 11.8 Å². The van der Waals surface area contributed by atoms with Crippen LogP contribution in [0, 0.1) is 0 Å². The highest BCUT2D eigenvalue weighted by Crippen LogP contribution is 2.25. The lowest BCUT2D eigenvalue weighted by Gasteiger charge is -2.33. The summed E-state index contributed by atoms with van der Waals surface area (Å²) >= 11 is 2.03. The zero-order valence-electron chi connectivity index (χ0n) is 11.3. The number of likely N-dealkylation sites (tertiary alicyclic amines) is 1. The number of morpholine rings is 1. The van der Waals surface area contributed by atoms with Gasteiger partial charge in [-0.1, -0.05) is 0 Å². The molecule has 0 saturated carbocycles. The van der Waals surface area contributed by atoms with E-state index in [9.17, 15) is 0 Å². The number of hydrogen-bond donors (Lipinski definition) is 1. The van der Waals surface area contributed by atoms with Crippen LogP contribution in [-0.4, -0.2) is 85.9 Å². The van der Waals surface area contributed by atoms with E-state index in [1.165, 1.54) is 32.6 Å². The maximum absolute atomic E-state index is 5.45. The van der Waals surface area contributed by atoms with E-state index in [0.717, 1.165) is 43.6 Å². The molecule has 5 heteroatoms. The van der Waals surface area contributed by atoms with Crippen LogP contribution in [0.5, 0.6) is 0 Å². The van der Waals surface area contributed by atoms with Gasteiger partial charge in [0.1, 0.15) is 0 Å². The van der Waals surface area contributed by atoms with E-state index in [0.29, 0.717) is 0 Å². The Morgan fingerprint density at radius 1 is 1.11 bits per heavy atom. The lowest BCUT2D eigenvalue weighted by molar-refractivity contribution is 0.0178. The topological polar surface area (TPSA) is 27.7 Å². The highest BCUT2D eigenvalue weighted by atomic mass is 32.2. The van der Waals surface area contributed by atoms with Crippen molar-refractivity contribution in [3.63, 3.8) is 0 Å². The van der Waals surface area contributed by atoms with Crippen LogP contribution in [-0.2, 0) is 4.74 Å². The minimum absolute atomic E-state index is 0.756. The highest BCUT2D eigenvalue weighted by Gasteiger charge is 2.37. The molecule has 0 aromatic heterocycles. The van der Waals surface area contributed by atoms with E-state index >= 15 is 0 Å². The van der Waals surface area contributed by atoms with Crippen molar-refractivity contribution in [3.8, 4) is 0 Å². The van der Waals surface area contributed by atoms with Gasteiger partial charge in [-0.05, 0) is 12.7 Å². The first kappa shape index (κ1) is 13.2. The Hall–Kier alpha value is 0.190. The largest absolute Gasteiger partial charge is 0.379 e. The van der Waals surface area contributed by atoms with Crippen molar-refractivity contribution in [1.82, 2.24) is 15.1 Å². The normalized spacial score (nSPS) is 39.5. The molecule has 3 fully saturated rings. The van der Waals surface area contributed by atoms with E-state index in [1.54, 1.807) is 0 Å². The fraction of sp³-hybridized carbons (Fsp3) is 1.00. The van der Waals surface area contributed by atoms with Crippen LogP contribution in [0.25, 0.3) is 0 Å². The molecule has 104 valence electrons. The van der Waals surface area contributed by atoms with Gasteiger partial charge in [0.05, 0.1) is 13.2 Å². The SMILES string of the molecule is CSC1CNCC1N1CCC(N2CCOCC2)C1. The van der Waals surface area contributed by atoms with Crippen LogP contribution in [0.3, 0.4) is 0 Å². The Kier molecular flexibility index (Phi) is 4.46. The quantitative estimate of drug-likeness (QED) is 0.786. The molecule has 0 spiro atoms. The minimum Gasteiger partial charge on any atom is -0.379 e. The van der Waals surface area contributed by atoms with Gasteiger partial charge in [-0.15, -0.1) is 0 Å². The second-order valence-corrected chi connectivity index (χ2v) is 6.66. The van der Waals surface area contributed by atoms with Gasteiger partial charge in [-0.25, -0.2) is 0 Å². The van der Waals surface area contributed by atoms with Crippen molar-refractivity contribution in [3.05, 3.63) is 0 Å². The van der Waals surface area contributed by atoms with Gasteiger partial charge in [0.2, 0.25) is 0 Å². The summed E-state index contributed by atoms with van der Waals surface area (Å²) in [7, 11) is 0. The van der Waals surface area contributed by atoms with Crippen molar-refractivity contribution in [2.24, 2.45) is 0 Å². The third kappa shape index (κ3) is 2.70. The average Bonchev–Trinajstić information content (AvgIpc) is 3.08. The number of nitrogens with one attached hydrogen (secondary N) is 1. The Morgan fingerprint density at radius 2 is 1.94 bits per heavy atom. The second kappa shape index (κ2) is 6.09. The Morgan fingerprint density at radius 3 is 2.72 bits per heavy atom. The van der Waals surface area contributed by atoms with E-state index < -0.39 is 0 Å². The Bertz CT molecular complexity index is 273. The Balaban J connectivity index is 1.54. The van der Waals surface area contributed by atoms with E-state index in [4.69, 9.17) is 4.74 Å². The molecule has 0 aliphatic carbocycles. The standard InChI is InChI=1S/C13H25N3OS/c1-18-13-9-14-8-12(13)16-3-2-11(10-16)15-4-6-17-7-5-15/h11-14H,2-10H2,1H3. The number of ether oxygens (including phenoxy) is 1. The summed E-state index contributed by atoms with van der Waals surface area (Å²) in [5.41, 5.74) is 0. The summed E-state index contributed by atoms with van der Waals surface area (Å²) in [4.78, 5) is 5.36. The first-order chi connectivity index (χ1) is 8.88. The van der Waals surface area contributed by atoms with Crippen LogP contribution in [0.15, 0.2) is 0 Å². The van der Waals surface area contributed by atoms with Gasteiger partial charge in [-0.3, -0.25) is 9.80 Å². The first-order valence-corrected chi connectivity index (χ1v) is 8.46. The number of hydrogen-bond acceptors (Lipinski definition) is 5. The fourth-order valence-electron chi connectivity index (χ4n) is 3.56. The second-order valence-electron chi connectivity index (χ2n) is 5.59. The third-order valence-electron chi connectivity index (χ3n) is 4.66. The molecular weight excluding hydrogens is 246 g/mol. The summed E-state index contributed by atoms with van der Waals surface area (Å²) in [5.74, 6) is 0. The maximum Gasteiger partial charge on any atom is 0.0594 e. The summed E-state index contributed by atoms with van der Waals surface area (Å²) in [6.45, 7) is 9.03. The first-order valence-electron chi connectivity index (χ1n) is 7.18. The van der Waals surface area contributed by atoms with Crippen molar-refractivity contribution < 1.29 is 4.74 Å². The maximum atomic E-state index is 5.45. The predicted octanol–water partition coefficient (Wildman–Crippen LogP) is 0.0963. The zero-order chi connectivity index (χ0) is 12.4. The lowest BCUT2D eigenvalue weighted by atomic mass is 10.2. The molecule has 4 nitrogen and oxygen atoms in total. The van der Waals surface area contributed by atoms with Gasteiger partial charge < -0.3 is 10.1 Å². The fourth-order valence-corrected chi connectivity index (χ4v) is 4.42. The minimum atomic E-state index is 0.756. The lowest BCUT2D eigenvalue weighted by Crippen LogP contribution is -2.47. The molecule has 3 aliphatic rings. The van der Waals surface area contributed by atoms with E-state index in [-0.39, 0.29) is 0 Å². The molecule has 3 aliphatic heterocycles. The van der Waals surface area contributed by atoms with E-state index in [2.05, 4.69) is 21.4 Å². The van der Waals surface area contributed by atoms with Crippen LogP contribution >= 0.6 is 11.8 Å². The van der Waals surface area contributed by atoms with Crippen molar-refractivity contribution in [2.45, 2.75) is 23.8 Å². The highest BCUT2D eigenvalue weighted by molar-refractivity contribution is 7.99. The average molecular weight is 271 g/mol. The van der Waals surface area contributed by atoms with Crippen molar-refractivity contribution >= 4 is 11.8 Å². The van der Waals surface area contributed by atoms with Gasteiger partial charge in [-0.2, -0.15) is 11.8 Å². The molecule has 0 bridgehead atoms. The summed E-state index contributed by atoms with van der Waals surface area (Å²) in [6, 6.07) is 1.53. The molecule has 3 unspecified atom stereocenters. The molecule has 3 saturated heterocycles. The van der Waals surface area contributed by atoms with Crippen molar-refractivity contribution in [2.75, 3.05) is 58.7 Å². The zero-order valence-corrected chi connectivity index (χ0v) is 12.1. The van der Waals surface area contributed by atoms with Gasteiger partial charge in [0, 0.05) is 56.6 Å². The van der Waals surface area contributed by atoms with Crippen LogP contribution in [0.1, 0.15) is 6.42 Å². The monoisotopic (exact) mass is 271 g/mol. The molecule has 3 heterocycles. The molecule has 0 aromatic rings. The smallest absolute Gasteiger partial charge is 0.0594 e. The van der Waals surface area contributed by atoms with Crippen LogP contribution < -0.4 is 5.32 Å². The molecule has 18 heavy (non-hydrogen) atoms. The molecule has 0 amide bonds. The molecule has 3 atom stereocenters. The summed E-state index contributed by atoms with van der Waals surface area (Å²) in [6.07, 6.45) is 3.60. The summed E-state index contributed by atoms with van der Waals surface area (Å²) in [5, 5.41) is 4.33. The molecule has 0 aromatic carbocycles. The molecule has 3 rings (SSSR count). The molecular formula is C13H25N3OS. The number of thioether (sulfide) groups is 1. The Labute approximate surface area is 114 Å². The van der Waals surface area contributed by atoms with Crippen molar-refractivity contribution in [1.29, 1.82) is 0 Å². The van der Waals surface area contributed by atoms with Gasteiger partial charge in [0.25, 0.3) is 0 Å². The van der Waals surface area contributed by atoms with Gasteiger partial charge in [0.15, 0.2) is 0 Å². The predicted molar refractivity (Wildman–Crippen MR) is 76.3 cm³/mol. The number of nitrogens with zero attached hydrogens (tertiary/aromatic N) is 2. The molecule has 0 radical (unpaired) electrons. The third-order valence-corrected chi connectivity index (χ3v) is 5.74.